The van der Waals surface area contributed by atoms with Crippen LogP contribution in [-0.2, 0) is 0 Å². The fraction of sp³-hybridized carbons (Fsp3) is 0.231. The molecule has 1 aromatic carbocycles. The van der Waals surface area contributed by atoms with Crippen molar-refractivity contribution in [2.45, 2.75) is 18.8 Å². The van der Waals surface area contributed by atoms with Gasteiger partial charge in [-0.1, -0.05) is 11.6 Å². The van der Waals surface area contributed by atoms with Crippen LogP contribution in [0.1, 0.15) is 34.7 Å². The molecule has 4 heteroatoms. The van der Waals surface area contributed by atoms with Crippen LogP contribution in [0.5, 0.6) is 0 Å². The molecular weight excluding hydrogens is 236 g/mol. The van der Waals surface area contributed by atoms with Crippen LogP contribution in [0.4, 0.5) is 0 Å². The van der Waals surface area contributed by atoms with E-state index in [1.165, 1.54) is 24.6 Å². The maximum atomic E-state index is 11.1. The summed E-state index contributed by atoms with van der Waals surface area (Å²) in [5.41, 5.74) is 7.66. The number of amides is 1. The minimum atomic E-state index is -0.471. The number of halogens is 1. The molecule has 3 rings (SSSR count). The Balaban J connectivity index is 2.18. The number of rotatable bonds is 2. The van der Waals surface area contributed by atoms with Crippen LogP contribution < -0.4 is 5.73 Å². The van der Waals surface area contributed by atoms with Crippen LogP contribution in [0, 0.1) is 0 Å². The van der Waals surface area contributed by atoms with Gasteiger partial charge in [0.15, 0.2) is 0 Å². The standard InChI is InChI=1S/C13H11ClN2O/c14-11-4-8-3-9(13(15)17)6-16-12(8)5-10(11)7-1-2-7/h3-7H,1-2H2,(H2,15,17). The van der Waals surface area contributed by atoms with Gasteiger partial charge >= 0.3 is 0 Å². The Morgan fingerprint density at radius 2 is 2.12 bits per heavy atom. The molecule has 0 saturated heterocycles. The number of fused-ring (bicyclic) bond motifs is 1. The van der Waals surface area contributed by atoms with Gasteiger partial charge in [-0.2, -0.15) is 0 Å². The van der Waals surface area contributed by atoms with Gasteiger partial charge in [0.25, 0.3) is 0 Å². The smallest absolute Gasteiger partial charge is 0.250 e. The SMILES string of the molecule is NC(=O)c1cnc2cc(C3CC3)c(Cl)cc2c1. The second kappa shape index (κ2) is 3.70. The first-order valence-electron chi connectivity index (χ1n) is 5.54. The fourth-order valence-electron chi connectivity index (χ4n) is 2.01. The van der Waals surface area contributed by atoms with E-state index in [2.05, 4.69) is 4.98 Å². The van der Waals surface area contributed by atoms with E-state index in [1.54, 1.807) is 6.07 Å². The molecule has 1 amide bonds. The summed E-state index contributed by atoms with van der Waals surface area (Å²) < 4.78 is 0. The number of nitrogens with two attached hydrogens (primary N) is 1. The van der Waals surface area contributed by atoms with Gasteiger partial charge in [-0.05, 0) is 42.5 Å². The number of primary amides is 1. The third-order valence-corrected chi connectivity index (χ3v) is 3.43. The second-order valence-electron chi connectivity index (χ2n) is 4.43. The molecule has 3 nitrogen and oxygen atoms in total. The van der Waals surface area contributed by atoms with E-state index >= 15 is 0 Å². The van der Waals surface area contributed by atoms with Crippen LogP contribution in [0.15, 0.2) is 24.4 Å². The molecule has 2 N–H and O–H groups in total. The van der Waals surface area contributed by atoms with Crippen LogP contribution in [0.25, 0.3) is 10.9 Å². The third-order valence-electron chi connectivity index (χ3n) is 3.10. The highest BCUT2D eigenvalue weighted by Gasteiger charge is 2.26. The Labute approximate surface area is 104 Å². The fourth-order valence-corrected chi connectivity index (χ4v) is 2.33. The normalized spacial score (nSPS) is 15.1. The Kier molecular flexibility index (Phi) is 2.30. The lowest BCUT2D eigenvalue weighted by Gasteiger charge is -2.05. The van der Waals surface area contributed by atoms with Crippen LogP contribution in [0.3, 0.4) is 0 Å². The number of hydrogen-bond donors (Lipinski definition) is 1. The van der Waals surface area contributed by atoms with Gasteiger partial charge in [0, 0.05) is 16.6 Å². The molecule has 1 aromatic heterocycles. The number of nitrogens with zero attached hydrogens (tertiary/aromatic N) is 1. The van der Waals surface area contributed by atoms with Crippen molar-refractivity contribution in [2.75, 3.05) is 0 Å². The average Bonchev–Trinajstić information content (AvgIpc) is 3.11. The van der Waals surface area contributed by atoms with Crippen molar-refractivity contribution in [2.24, 2.45) is 5.73 Å². The molecule has 17 heavy (non-hydrogen) atoms. The zero-order valence-corrected chi connectivity index (χ0v) is 9.87. The number of carbonyl (C=O) groups is 1. The van der Waals surface area contributed by atoms with Gasteiger partial charge in [0.05, 0.1) is 11.1 Å². The summed E-state index contributed by atoms with van der Waals surface area (Å²) in [6.07, 6.45) is 3.91. The first-order valence-corrected chi connectivity index (χ1v) is 5.92. The van der Waals surface area contributed by atoms with Crippen LogP contribution in [-0.4, -0.2) is 10.9 Å². The van der Waals surface area contributed by atoms with Crippen molar-refractivity contribution in [1.29, 1.82) is 0 Å². The molecule has 1 heterocycles. The van der Waals surface area contributed by atoms with E-state index in [-0.39, 0.29) is 0 Å². The molecule has 1 fully saturated rings. The zero-order chi connectivity index (χ0) is 12.0. The molecule has 1 saturated carbocycles. The topological polar surface area (TPSA) is 56.0 Å². The van der Waals surface area contributed by atoms with Crippen molar-refractivity contribution in [3.63, 3.8) is 0 Å². The Morgan fingerprint density at radius 1 is 1.35 bits per heavy atom. The predicted molar refractivity (Wildman–Crippen MR) is 67.2 cm³/mol. The molecule has 0 aliphatic heterocycles. The van der Waals surface area contributed by atoms with E-state index in [9.17, 15) is 4.79 Å². The monoisotopic (exact) mass is 246 g/mol. The third kappa shape index (κ3) is 1.87. The van der Waals surface area contributed by atoms with E-state index < -0.39 is 5.91 Å². The lowest BCUT2D eigenvalue weighted by molar-refractivity contribution is 0.1000. The number of hydrogen-bond acceptors (Lipinski definition) is 2. The Hall–Kier alpha value is -1.61. The van der Waals surface area contributed by atoms with E-state index in [1.807, 2.05) is 12.1 Å². The first kappa shape index (κ1) is 10.5. The lowest BCUT2D eigenvalue weighted by Crippen LogP contribution is -2.11. The van der Waals surface area contributed by atoms with Crippen molar-refractivity contribution >= 4 is 28.4 Å². The molecule has 0 bridgehead atoms. The first-order chi connectivity index (χ1) is 8.15. The second-order valence-corrected chi connectivity index (χ2v) is 4.84. The molecule has 0 radical (unpaired) electrons. The molecule has 1 aliphatic rings. The van der Waals surface area contributed by atoms with E-state index in [0.717, 1.165) is 15.9 Å². The van der Waals surface area contributed by atoms with E-state index in [0.29, 0.717) is 11.5 Å². The molecule has 1 aliphatic carbocycles. The number of pyridine rings is 1. The summed E-state index contributed by atoms with van der Waals surface area (Å²) >= 11 is 6.23. The lowest BCUT2D eigenvalue weighted by atomic mass is 10.1. The molecule has 0 unspecified atom stereocenters. The van der Waals surface area contributed by atoms with Gasteiger partial charge in [-0.15, -0.1) is 0 Å². The highest BCUT2D eigenvalue weighted by atomic mass is 35.5. The Bertz CT molecular complexity index is 620. The van der Waals surface area contributed by atoms with Gasteiger partial charge in [0.1, 0.15) is 0 Å². The summed E-state index contributed by atoms with van der Waals surface area (Å²) in [5.74, 6) is 0.117. The maximum absolute atomic E-state index is 11.1. The van der Waals surface area contributed by atoms with Gasteiger partial charge < -0.3 is 5.73 Å². The summed E-state index contributed by atoms with van der Waals surface area (Å²) in [4.78, 5) is 15.3. The summed E-state index contributed by atoms with van der Waals surface area (Å²) in [6.45, 7) is 0. The van der Waals surface area contributed by atoms with Crippen molar-refractivity contribution in [3.8, 4) is 0 Å². The highest BCUT2D eigenvalue weighted by Crippen LogP contribution is 2.44. The van der Waals surface area contributed by atoms with Crippen molar-refractivity contribution < 1.29 is 4.79 Å². The Morgan fingerprint density at radius 3 is 2.76 bits per heavy atom. The zero-order valence-electron chi connectivity index (χ0n) is 9.11. The van der Waals surface area contributed by atoms with Crippen LogP contribution in [0.2, 0.25) is 5.02 Å². The molecule has 0 atom stereocenters. The largest absolute Gasteiger partial charge is 0.366 e. The summed E-state index contributed by atoms with van der Waals surface area (Å²) in [6, 6.07) is 5.61. The van der Waals surface area contributed by atoms with E-state index in [4.69, 9.17) is 17.3 Å². The molecule has 86 valence electrons. The molecular formula is C13H11ClN2O. The maximum Gasteiger partial charge on any atom is 0.250 e. The predicted octanol–water partition coefficient (Wildman–Crippen LogP) is 2.86. The molecule has 0 spiro atoms. The van der Waals surface area contributed by atoms with Gasteiger partial charge in [-0.3, -0.25) is 9.78 Å². The minimum Gasteiger partial charge on any atom is -0.366 e. The van der Waals surface area contributed by atoms with Crippen LogP contribution >= 0.6 is 11.6 Å². The number of carbonyl (C=O) groups excluding carboxylic acids is 1. The number of benzene rings is 1. The summed E-state index contributed by atoms with van der Waals surface area (Å²) in [7, 11) is 0. The van der Waals surface area contributed by atoms with Crippen molar-refractivity contribution in [3.05, 3.63) is 40.5 Å². The molecule has 2 aromatic rings. The number of aromatic nitrogens is 1. The average molecular weight is 247 g/mol. The van der Waals surface area contributed by atoms with Crippen molar-refractivity contribution in [1.82, 2.24) is 4.98 Å². The minimum absolute atomic E-state index is 0.410. The van der Waals surface area contributed by atoms with Gasteiger partial charge in [-0.25, -0.2) is 0 Å². The summed E-state index contributed by atoms with van der Waals surface area (Å²) in [5, 5.41) is 1.61. The van der Waals surface area contributed by atoms with Gasteiger partial charge in [0.2, 0.25) is 5.91 Å². The highest BCUT2D eigenvalue weighted by molar-refractivity contribution is 6.32. The quantitative estimate of drug-likeness (QED) is 0.886.